The maximum atomic E-state index is 6.20. The lowest BCUT2D eigenvalue weighted by Gasteiger charge is -2.25. The van der Waals surface area contributed by atoms with Crippen molar-refractivity contribution in [1.29, 1.82) is 0 Å². The molecule has 1 saturated heterocycles. The lowest BCUT2D eigenvalue weighted by atomic mass is 9.92. The second-order valence-electron chi connectivity index (χ2n) is 5.13. The zero-order valence-electron chi connectivity index (χ0n) is 11.8. The van der Waals surface area contributed by atoms with Gasteiger partial charge in [-0.15, -0.1) is 0 Å². The molecule has 1 aromatic heterocycles. The number of ether oxygens (including phenoxy) is 2. The van der Waals surface area contributed by atoms with Gasteiger partial charge in [-0.2, -0.15) is 4.98 Å². The summed E-state index contributed by atoms with van der Waals surface area (Å²) in [6.07, 6.45) is 1.86. The second-order valence-corrected chi connectivity index (χ2v) is 5.13. The highest BCUT2D eigenvalue weighted by Crippen LogP contribution is 2.27. The van der Waals surface area contributed by atoms with Gasteiger partial charge in [0.1, 0.15) is 5.75 Å². The van der Waals surface area contributed by atoms with E-state index in [-0.39, 0.29) is 12.6 Å². The molecular formula is C15H19N3O3. The Bertz CT molecular complexity index is 552. The van der Waals surface area contributed by atoms with Crippen LogP contribution in [0.2, 0.25) is 0 Å². The summed E-state index contributed by atoms with van der Waals surface area (Å²) < 4.78 is 16.2. The predicted molar refractivity (Wildman–Crippen MR) is 75.5 cm³/mol. The molecule has 21 heavy (non-hydrogen) atoms. The predicted octanol–water partition coefficient (Wildman–Crippen LogP) is 2.08. The molecule has 0 bridgehead atoms. The third-order valence-corrected chi connectivity index (χ3v) is 3.65. The molecule has 0 radical (unpaired) electrons. The minimum absolute atomic E-state index is 0.230. The van der Waals surface area contributed by atoms with Crippen LogP contribution in [0.25, 0.3) is 0 Å². The van der Waals surface area contributed by atoms with Crippen LogP contribution in [0.5, 0.6) is 5.75 Å². The van der Waals surface area contributed by atoms with Crippen molar-refractivity contribution in [1.82, 2.24) is 10.1 Å². The summed E-state index contributed by atoms with van der Waals surface area (Å²) in [5.41, 5.74) is 6.20. The quantitative estimate of drug-likeness (QED) is 0.907. The van der Waals surface area contributed by atoms with Crippen LogP contribution in [0, 0.1) is 5.92 Å². The summed E-state index contributed by atoms with van der Waals surface area (Å²) in [5.74, 6) is 2.10. The first-order chi connectivity index (χ1) is 10.3. The molecule has 1 unspecified atom stereocenters. The number of rotatable bonds is 5. The fraction of sp³-hybridized carbons (Fsp3) is 0.467. The van der Waals surface area contributed by atoms with E-state index in [1.165, 1.54) is 0 Å². The van der Waals surface area contributed by atoms with Crippen LogP contribution >= 0.6 is 0 Å². The van der Waals surface area contributed by atoms with E-state index in [1.54, 1.807) is 0 Å². The molecule has 0 spiro atoms. The zero-order chi connectivity index (χ0) is 14.5. The van der Waals surface area contributed by atoms with Crippen LogP contribution in [0.15, 0.2) is 34.9 Å². The highest BCUT2D eigenvalue weighted by molar-refractivity contribution is 5.20. The van der Waals surface area contributed by atoms with Crippen molar-refractivity contribution < 1.29 is 14.0 Å². The maximum Gasteiger partial charge on any atom is 0.243 e. The van der Waals surface area contributed by atoms with Crippen LogP contribution in [-0.2, 0) is 11.3 Å². The van der Waals surface area contributed by atoms with Gasteiger partial charge in [0.25, 0.3) is 0 Å². The fourth-order valence-electron chi connectivity index (χ4n) is 2.40. The van der Waals surface area contributed by atoms with E-state index in [4.69, 9.17) is 19.7 Å². The number of benzene rings is 1. The number of nitrogens with two attached hydrogens (primary N) is 1. The summed E-state index contributed by atoms with van der Waals surface area (Å²) in [4.78, 5) is 4.33. The van der Waals surface area contributed by atoms with E-state index in [0.717, 1.165) is 31.8 Å². The Labute approximate surface area is 123 Å². The van der Waals surface area contributed by atoms with Crippen molar-refractivity contribution in [2.24, 2.45) is 11.7 Å². The molecule has 112 valence electrons. The third kappa shape index (κ3) is 3.59. The van der Waals surface area contributed by atoms with Gasteiger partial charge >= 0.3 is 0 Å². The molecule has 3 rings (SSSR count). The van der Waals surface area contributed by atoms with Gasteiger partial charge in [0.2, 0.25) is 11.7 Å². The lowest BCUT2D eigenvalue weighted by Crippen LogP contribution is -2.27. The van der Waals surface area contributed by atoms with E-state index in [9.17, 15) is 0 Å². The summed E-state index contributed by atoms with van der Waals surface area (Å²) in [6.45, 7) is 1.76. The molecule has 1 aliphatic heterocycles. The largest absolute Gasteiger partial charge is 0.485 e. The van der Waals surface area contributed by atoms with Gasteiger partial charge in [-0.25, -0.2) is 0 Å². The monoisotopic (exact) mass is 289 g/mol. The Morgan fingerprint density at radius 2 is 2.00 bits per heavy atom. The SMILES string of the molecule is NC(c1nc(COc2ccccc2)no1)C1CCOCC1. The Kier molecular flexibility index (Phi) is 4.47. The molecule has 1 aromatic carbocycles. The van der Waals surface area contributed by atoms with E-state index in [1.807, 2.05) is 30.3 Å². The summed E-state index contributed by atoms with van der Waals surface area (Å²) >= 11 is 0. The van der Waals surface area contributed by atoms with Gasteiger partial charge in [0.05, 0.1) is 6.04 Å². The van der Waals surface area contributed by atoms with Crippen LogP contribution < -0.4 is 10.5 Å². The maximum absolute atomic E-state index is 6.20. The van der Waals surface area contributed by atoms with Crippen molar-refractivity contribution in [3.63, 3.8) is 0 Å². The van der Waals surface area contributed by atoms with Gasteiger partial charge in [-0.1, -0.05) is 23.4 Å². The van der Waals surface area contributed by atoms with Crippen LogP contribution in [-0.4, -0.2) is 23.4 Å². The van der Waals surface area contributed by atoms with Crippen LogP contribution in [0.1, 0.15) is 30.6 Å². The molecule has 1 fully saturated rings. The van der Waals surface area contributed by atoms with Gasteiger partial charge in [0.15, 0.2) is 6.61 Å². The Hall–Kier alpha value is -1.92. The van der Waals surface area contributed by atoms with E-state index in [0.29, 0.717) is 17.6 Å². The molecule has 1 aliphatic rings. The van der Waals surface area contributed by atoms with E-state index < -0.39 is 0 Å². The highest BCUT2D eigenvalue weighted by atomic mass is 16.5. The molecule has 0 aliphatic carbocycles. The first-order valence-electron chi connectivity index (χ1n) is 7.16. The van der Waals surface area contributed by atoms with Crippen molar-refractivity contribution in [2.75, 3.05) is 13.2 Å². The summed E-state index contributed by atoms with van der Waals surface area (Å²) in [5, 5.41) is 3.92. The van der Waals surface area contributed by atoms with Gasteiger partial charge in [0, 0.05) is 13.2 Å². The first-order valence-corrected chi connectivity index (χ1v) is 7.16. The average molecular weight is 289 g/mol. The number of aromatic nitrogens is 2. The van der Waals surface area contributed by atoms with Crippen molar-refractivity contribution in [3.05, 3.63) is 42.0 Å². The van der Waals surface area contributed by atoms with Gasteiger partial charge < -0.3 is 19.7 Å². The molecule has 2 heterocycles. The smallest absolute Gasteiger partial charge is 0.243 e. The van der Waals surface area contributed by atoms with Crippen molar-refractivity contribution in [2.45, 2.75) is 25.5 Å². The molecule has 6 nitrogen and oxygen atoms in total. The van der Waals surface area contributed by atoms with Gasteiger partial charge in [-0.05, 0) is 30.9 Å². The molecular weight excluding hydrogens is 270 g/mol. The molecule has 1 atom stereocenters. The average Bonchev–Trinajstić information content (AvgIpc) is 3.03. The highest BCUT2D eigenvalue weighted by Gasteiger charge is 2.26. The first kappa shape index (κ1) is 14.0. The van der Waals surface area contributed by atoms with Crippen molar-refractivity contribution >= 4 is 0 Å². The van der Waals surface area contributed by atoms with E-state index in [2.05, 4.69) is 10.1 Å². The normalized spacial score (nSPS) is 17.6. The summed E-state index contributed by atoms with van der Waals surface area (Å²) in [6, 6.07) is 9.30. The third-order valence-electron chi connectivity index (χ3n) is 3.65. The fourth-order valence-corrected chi connectivity index (χ4v) is 2.40. The Morgan fingerprint density at radius 1 is 1.24 bits per heavy atom. The Balaban J connectivity index is 1.58. The molecule has 0 saturated carbocycles. The van der Waals surface area contributed by atoms with Crippen LogP contribution in [0.3, 0.4) is 0 Å². The molecule has 2 aromatic rings. The number of para-hydroxylation sites is 1. The molecule has 6 heteroatoms. The topological polar surface area (TPSA) is 83.4 Å². The minimum Gasteiger partial charge on any atom is -0.485 e. The second kappa shape index (κ2) is 6.69. The van der Waals surface area contributed by atoms with Crippen LogP contribution in [0.4, 0.5) is 0 Å². The number of hydrogen-bond donors (Lipinski definition) is 1. The zero-order valence-corrected chi connectivity index (χ0v) is 11.8. The standard InChI is InChI=1S/C15H19N3O3/c16-14(11-6-8-19-9-7-11)15-17-13(18-21-15)10-20-12-4-2-1-3-5-12/h1-5,11,14H,6-10,16H2. The lowest BCUT2D eigenvalue weighted by molar-refractivity contribution is 0.0546. The number of hydrogen-bond acceptors (Lipinski definition) is 6. The minimum atomic E-state index is -0.230. The molecule has 0 amide bonds. The number of nitrogens with zero attached hydrogens (tertiary/aromatic N) is 2. The van der Waals surface area contributed by atoms with Gasteiger partial charge in [-0.3, -0.25) is 0 Å². The summed E-state index contributed by atoms with van der Waals surface area (Å²) in [7, 11) is 0. The van der Waals surface area contributed by atoms with E-state index >= 15 is 0 Å². The molecule has 2 N–H and O–H groups in total. The Morgan fingerprint density at radius 3 is 2.76 bits per heavy atom. The van der Waals surface area contributed by atoms with Crippen molar-refractivity contribution in [3.8, 4) is 5.75 Å².